The van der Waals surface area contributed by atoms with E-state index in [1.165, 1.54) is 24.3 Å². The Morgan fingerprint density at radius 2 is 1.77 bits per heavy atom. The summed E-state index contributed by atoms with van der Waals surface area (Å²) >= 11 is 1.10. The minimum atomic E-state index is -3.80. The Kier molecular flexibility index (Phi) is 5.17. The minimum Gasteiger partial charge on any atom is -0.396 e. The summed E-state index contributed by atoms with van der Waals surface area (Å²) in [5.74, 6) is 0.297. The van der Waals surface area contributed by atoms with Crippen LogP contribution in [0.4, 0.5) is 5.69 Å². The highest BCUT2D eigenvalue weighted by molar-refractivity contribution is 7.99. The van der Waals surface area contributed by atoms with E-state index >= 15 is 0 Å². The molecule has 116 valence electrons. The van der Waals surface area contributed by atoms with Gasteiger partial charge >= 0.3 is 0 Å². The van der Waals surface area contributed by atoms with Crippen LogP contribution in [0.25, 0.3) is 0 Å². The third-order valence-corrected chi connectivity index (χ3v) is 5.65. The van der Waals surface area contributed by atoms with Crippen LogP contribution in [0.2, 0.25) is 0 Å². The van der Waals surface area contributed by atoms with Gasteiger partial charge in [-0.3, -0.25) is 10.1 Å². The summed E-state index contributed by atoms with van der Waals surface area (Å²) in [7, 11) is -3.80. The Bertz CT molecular complexity index is 775. The standard InChI is InChI=1S/C14H13NO5S2/c16-8-9-21-14-7-6-12(10-13(14)15(17)18)22(19,20)11-4-2-1-3-5-11/h1-7,10,16H,8-9H2. The normalized spacial score (nSPS) is 11.3. The number of benzene rings is 2. The van der Waals surface area contributed by atoms with Crippen LogP contribution >= 0.6 is 11.8 Å². The lowest BCUT2D eigenvalue weighted by Crippen LogP contribution is -2.03. The van der Waals surface area contributed by atoms with Gasteiger partial charge in [-0.2, -0.15) is 0 Å². The highest BCUT2D eigenvalue weighted by Crippen LogP contribution is 2.32. The number of aliphatic hydroxyl groups excluding tert-OH is 1. The Hall–Kier alpha value is -1.90. The molecular weight excluding hydrogens is 326 g/mol. The molecule has 0 bridgehead atoms. The Labute approximate surface area is 131 Å². The maximum Gasteiger partial charge on any atom is 0.284 e. The topological polar surface area (TPSA) is 97.5 Å². The highest BCUT2D eigenvalue weighted by Gasteiger charge is 2.23. The Balaban J connectivity index is 2.49. The van der Waals surface area contributed by atoms with E-state index in [-0.39, 0.29) is 22.1 Å². The molecule has 8 heteroatoms. The molecule has 0 aliphatic rings. The quantitative estimate of drug-likeness (QED) is 0.493. The number of aliphatic hydroxyl groups is 1. The number of nitro benzene ring substituents is 1. The fraction of sp³-hybridized carbons (Fsp3) is 0.143. The van der Waals surface area contributed by atoms with E-state index < -0.39 is 14.8 Å². The van der Waals surface area contributed by atoms with Gasteiger partial charge in [-0.25, -0.2) is 8.42 Å². The highest BCUT2D eigenvalue weighted by atomic mass is 32.2. The minimum absolute atomic E-state index is 0.0834. The van der Waals surface area contributed by atoms with Crippen LogP contribution in [-0.4, -0.2) is 30.8 Å². The van der Waals surface area contributed by atoms with Gasteiger partial charge in [0.05, 0.1) is 26.2 Å². The Morgan fingerprint density at radius 1 is 1.09 bits per heavy atom. The van der Waals surface area contributed by atoms with Gasteiger partial charge < -0.3 is 5.11 Å². The van der Waals surface area contributed by atoms with Crippen molar-refractivity contribution in [2.75, 3.05) is 12.4 Å². The van der Waals surface area contributed by atoms with Gasteiger partial charge in [0.25, 0.3) is 5.69 Å². The molecule has 6 nitrogen and oxygen atoms in total. The van der Waals surface area contributed by atoms with E-state index in [1.807, 2.05) is 0 Å². The Morgan fingerprint density at radius 3 is 2.36 bits per heavy atom. The molecular formula is C14H13NO5S2. The molecule has 0 unspecified atom stereocenters. The first kappa shape index (κ1) is 16.5. The van der Waals surface area contributed by atoms with Gasteiger partial charge in [0.2, 0.25) is 9.84 Å². The number of hydrogen-bond acceptors (Lipinski definition) is 6. The molecule has 0 aromatic heterocycles. The number of hydrogen-bond donors (Lipinski definition) is 1. The third-order valence-electron chi connectivity index (χ3n) is 2.84. The smallest absolute Gasteiger partial charge is 0.284 e. The molecule has 2 aromatic rings. The average molecular weight is 339 g/mol. The molecule has 22 heavy (non-hydrogen) atoms. The lowest BCUT2D eigenvalue weighted by molar-refractivity contribution is -0.388. The van der Waals surface area contributed by atoms with Crippen LogP contribution in [0.3, 0.4) is 0 Å². The second-order valence-corrected chi connectivity index (χ2v) is 7.36. The van der Waals surface area contributed by atoms with Gasteiger partial charge in [-0.1, -0.05) is 18.2 Å². The molecule has 2 aromatic carbocycles. The SMILES string of the molecule is O=[N+]([O-])c1cc(S(=O)(=O)c2ccccc2)ccc1SCCO. The van der Waals surface area contributed by atoms with Crippen molar-refractivity contribution in [1.82, 2.24) is 0 Å². The zero-order chi connectivity index (χ0) is 16.2. The van der Waals surface area contributed by atoms with E-state index in [9.17, 15) is 18.5 Å². The predicted molar refractivity (Wildman–Crippen MR) is 82.8 cm³/mol. The van der Waals surface area contributed by atoms with Crippen LogP contribution in [0.15, 0.2) is 63.2 Å². The summed E-state index contributed by atoms with van der Waals surface area (Å²) in [5, 5.41) is 19.9. The summed E-state index contributed by atoms with van der Waals surface area (Å²) in [5.41, 5.74) is -0.282. The van der Waals surface area contributed by atoms with E-state index in [1.54, 1.807) is 18.2 Å². The van der Waals surface area contributed by atoms with Crippen LogP contribution in [0.5, 0.6) is 0 Å². The zero-order valence-electron chi connectivity index (χ0n) is 11.4. The van der Waals surface area contributed by atoms with Crippen molar-refractivity contribution >= 4 is 27.3 Å². The van der Waals surface area contributed by atoms with E-state index in [2.05, 4.69) is 0 Å². The van der Waals surface area contributed by atoms with E-state index in [4.69, 9.17) is 5.11 Å². The molecule has 2 rings (SSSR count). The number of thioether (sulfide) groups is 1. The van der Waals surface area contributed by atoms with Crippen molar-refractivity contribution in [3.05, 3.63) is 58.6 Å². The summed E-state index contributed by atoms with van der Waals surface area (Å²) in [6.07, 6.45) is 0. The average Bonchev–Trinajstić information content (AvgIpc) is 2.53. The first-order chi connectivity index (χ1) is 10.5. The predicted octanol–water partition coefficient (Wildman–Crippen LogP) is 2.51. The summed E-state index contributed by atoms with van der Waals surface area (Å²) in [4.78, 5) is 10.8. The van der Waals surface area contributed by atoms with Gasteiger partial charge in [0.15, 0.2) is 0 Å². The molecule has 0 aliphatic heterocycles. The second-order valence-electron chi connectivity index (χ2n) is 4.28. The molecule has 0 fully saturated rings. The fourth-order valence-electron chi connectivity index (χ4n) is 1.82. The van der Waals surface area contributed by atoms with Gasteiger partial charge in [0.1, 0.15) is 0 Å². The number of sulfone groups is 1. The molecule has 0 amide bonds. The summed E-state index contributed by atoms with van der Waals surface area (Å²) < 4.78 is 24.9. The molecule has 0 saturated heterocycles. The maximum absolute atomic E-state index is 12.5. The van der Waals surface area contributed by atoms with E-state index in [0.717, 1.165) is 17.8 Å². The zero-order valence-corrected chi connectivity index (χ0v) is 13.0. The number of rotatable bonds is 6. The summed E-state index contributed by atoms with van der Waals surface area (Å²) in [6, 6.07) is 11.5. The van der Waals surface area contributed by atoms with Crippen molar-refractivity contribution in [2.24, 2.45) is 0 Å². The van der Waals surface area contributed by atoms with Gasteiger partial charge in [0, 0.05) is 11.8 Å². The molecule has 0 atom stereocenters. The van der Waals surface area contributed by atoms with Crippen molar-refractivity contribution in [2.45, 2.75) is 14.7 Å². The molecule has 0 aliphatic carbocycles. The molecule has 1 N–H and O–H groups in total. The molecule has 0 spiro atoms. The van der Waals surface area contributed by atoms with Crippen LogP contribution in [-0.2, 0) is 9.84 Å². The molecule has 0 saturated carbocycles. The second kappa shape index (κ2) is 6.91. The van der Waals surface area contributed by atoms with Crippen LogP contribution in [0.1, 0.15) is 0 Å². The first-order valence-corrected chi connectivity index (χ1v) is 8.76. The van der Waals surface area contributed by atoms with Crippen LogP contribution in [0, 0.1) is 10.1 Å². The van der Waals surface area contributed by atoms with Gasteiger partial charge in [-0.05, 0) is 24.3 Å². The monoisotopic (exact) mass is 339 g/mol. The number of nitrogens with zero attached hydrogens (tertiary/aromatic N) is 1. The largest absolute Gasteiger partial charge is 0.396 e. The lowest BCUT2D eigenvalue weighted by Gasteiger charge is -2.07. The maximum atomic E-state index is 12.5. The van der Waals surface area contributed by atoms with Gasteiger partial charge in [-0.15, -0.1) is 11.8 Å². The summed E-state index contributed by atoms with van der Waals surface area (Å²) in [6.45, 7) is -0.119. The van der Waals surface area contributed by atoms with Crippen LogP contribution < -0.4 is 0 Å². The first-order valence-electron chi connectivity index (χ1n) is 6.29. The van der Waals surface area contributed by atoms with Crippen molar-refractivity contribution in [3.63, 3.8) is 0 Å². The fourth-order valence-corrected chi connectivity index (χ4v) is 3.88. The lowest BCUT2D eigenvalue weighted by atomic mass is 10.3. The molecule has 0 heterocycles. The van der Waals surface area contributed by atoms with Crippen molar-refractivity contribution < 1.29 is 18.4 Å². The third kappa shape index (κ3) is 3.46. The van der Waals surface area contributed by atoms with E-state index in [0.29, 0.717) is 10.6 Å². The van der Waals surface area contributed by atoms with Crippen molar-refractivity contribution in [3.8, 4) is 0 Å². The molecule has 0 radical (unpaired) electrons. The van der Waals surface area contributed by atoms with Crippen molar-refractivity contribution in [1.29, 1.82) is 0 Å². The number of nitro groups is 1.